The number of benzene rings is 3. The molecule has 0 bridgehead atoms. The van der Waals surface area contributed by atoms with Crippen LogP contribution in [0.4, 0.5) is 5.69 Å². The first kappa shape index (κ1) is 29.7. The third kappa shape index (κ3) is 6.56. The molecule has 0 aliphatic heterocycles. The van der Waals surface area contributed by atoms with Gasteiger partial charge in [0.1, 0.15) is 0 Å². The highest BCUT2D eigenvalue weighted by molar-refractivity contribution is 6.24. The molecule has 0 fully saturated rings. The molecule has 1 atom stereocenters. The van der Waals surface area contributed by atoms with Crippen molar-refractivity contribution in [2.45, 2.75) is 72.8 Å². The Balaban J connectivity index is 2.02. The van der Waals surface area contributed by atoms with Crippen LogP contribution in [0.1, 0.15) is 71.8 Å². The van der Waals surface area contributed by atoms with Gasteiger partial charge in [-0.1, -0.05) is 62.5 Å². The fraction of sp³-hybridized carbons (Fsp3) is 0.406. The lowest BCUT2D eigenvalue weighted by molar-refractivity contribution is -0.384. The summed E-state index contributed by atoms with van der Waals surface area (Å²) in [6.45, 7) is 8.46. The van der Waals surface area contributed by atoms with E-state index in [2.05, 4.69) is 23.6 Å². The third-order valence-electron chi connectivity index (χ3n) is 7.51. The highest BCUT2D eigenvalue weighted by atomic mass is 16.7. The molecule has 1 unspecified atom stereocenters. The van der Waals surface area contributed by atoms with Crippen molar-refractivity contribution in [1.29, 1.82) is 0 Å². The number of hydrogen-bond donors (Lipinski definition) is 0. The average molecular weight is 560 g/mol. The summed E-state index contributed by atoms with van der Waals surface area (Å²) >= 11 is 0. The van der Waals surface area contributed by atoms with Gasteiger partial charge in [-0.15, -0.1) is 0 Å². The van der Waals surface area contributed by atoms with Gasteiger partial charge in [-0.2, -0.15) is 0 Å². The molecule has 9 heteroatoms. The summed E-state index contributed by atoms with van der Waals surface area (Å²) in [5, 5.41) is 19.4. The van der Waals surface area contributed by atoms with Gasteiger partial charge in [0.05, 0.1) is 29.2 Å². The van der Waals surface area contributed by atoms with Crippen LogP contribution in [0.25, 0.3) is 32.6 Å². The topological polar surface area (TPSA) is 113 Å². The molecule has 9 nitrogen and oxygen atoms in total. The minimum absolute atomic E-state index is 0.0143. The molecule has 0 saturated carbocycles. The van der Waals surface area contributed by atoms with Crippen molar-refractivity contribution in [3.8, 4) is 0 Å². The van der Waals surface area contributed by atoms with Crippen molar-refractivity contribution in [3.63, 3.8) is 0 Å². The summed E-state index contributed by atoms with van der Waals surface area (Å²) in [4.78, 5) is 40.4. The van der Waals surface area contributed by atoms with E-state index < -0.39 is 5.97 Å². The largest absolute Gasteiger partial charge is 0.466 e. The minimum Gasteiger partial charge on any atom is -0.466 e. The zero-order valence-corrected chi connectivity index (χ0v) is 24.1. The molecule has 41 heavy (non-hydrogen) atoms. The van der Waals surface area contributed by atoms with Gasteiger partial charge in [-0.05, 0) is 36.8 Å². The normalized spacial score (nSPS) is 12.6. The molecule has 4 aromatic rings. The molecule has 4 rings (SSSR count). The standard InChI is InChI=1S/C32H37N3O6/c1-5-8-11-22(6-2)20-34-30-16-14-23(35(38)39)18-27(30)28-19-26(24-12-9-10-13-25(24)32(28)34)29(33-41-21(4)36)15-17-31(37)40-7-3/h9-10,12-14,16,18-19,22H,5-8,11,15,17,20H2,1-4H3/b33-29+. The Morgan fingerprint density at radius 2 is 1.76 bits per heavy atom. The van der Waals surface area contributed by atoms with E-state index in [1.54, 1.807) is 19.1 Å². The van der Waals surface area contributed by atoms with Crippen molar-refractivity contribution >= 4 is 55.9 Å². The molecule has 1 heterocycles. The van der Waals surface area contributed by atoms with Gasteiger partial charge in [-0.25, -0.2) is 4.79 Å². The molecular formula is C32H37N3O6. The first-order chi connectivity index (χ1) is 19.8. The summed E-state index contributed by atoms with van der Waals surface area (Å²) in [5.41, 5.74) is 3.05. The summed E-state index contributed by atoms with van der Waals surface area (Å²) in [6.07, 6.45) is 4.64. The van der Waals surface area contributed by atoms with Crippen LogP contribution in [0.3, 0.4) is 0 Å². The Morgan fingerprint density at radius 1 is 1.00 bits per heavy atom. The number of oxime groups is 1. The maximum Gasteiger partial charge on any atom is 0.331 e. The van der Waals surface area contributed by atoms with Crippen molar-refractivity contribution in [1.82, 2.24) is 4.57 Å². The number of hydrogen-bond acceptors (Lipinski definition) is 7. The number of carbonyl (C=O) groups is 2. The number of carbonyl (C=O) groups excluding carboxylic acids is 2. The molecule has 0 spiro atoms. The summed E-state index contributed by atoms with van der Waals surface area (Å²) < 4.78 is 7.41. The number of nitro groups is 1. The van der Waals surface area contributed by atoms with Crippen molar-refractivity contribution in [3.05, 3.63) is 64.2 Å². The van der Waals surface area contributed by atoms with Gasteiger partial charge in [0.25, 0.3) is 5.69 Å². The number of ether oxygens (including phenoxy) is 1. The molecular weight excluding hydrogens is 522 g/mol. The lowest BCUT2D eigenvalue weighted by Crippen LogP contribution is -2.12. The predicted molar refractivity (Wildman–Crippen MR) is 161 cm³/mol. The summed E-state index contributed by atoms with van der Waals surface area (Å²) in [6, 6.07) is 14.9. The van der Waals surface area contributed by atoms with Crippen LogP contribution in [0.5, 0.6) is 0 Å². The molecule has 216 valence electrons. The Kier molecular flexibility index (Phi) is 9.70. The number of aromatic nitrogens is 1. The second-order valence-corrected chi connectivity index (χ2v) is 10.3. The van der Waals surface area contributed by atoms with E-state index in [-0.39, 0.29) is 36.0 Å². The number of nitro benzene ring substituents is 1. The number of fused-ring (bicyclic) bond motifs is 5. The second-order valence-electron chi connectivity index (χ2n) is 10.3. The lowest BCUT2D eigenvalue weighted by Gasteiger charge is -2.18. The van der Waals surface area contributed by atoms with Crippen LogP contribution in [-0.2, 0) is 25.7 Å². The van der Waals surface area contributed by atoms with Crippen LogP contribution < -0.4 is 0 Å². The number of non-ortho nitro benzene ring substituents is 1. The zero-order chi connectivity index (χ0) is 29.5. The van der Waals surface area contributed by atoms with Crippen LogP contribution in [-0.4, -0.2) is 33.7 Å². The van der Waals surface area contributed by atoms with E-state index in [1.165, 1.54) is 6.92 Å². The Morgan fingerprint density at radius 3 is 2.41 bits per heavy atom. The average Bonchev–Trinajstić information content (AvgIpc) is 3.27. The summed E-state index contributed by atoms with van der Waals surface area (Å²) in [5.74, 6) is -0.500. The van der Waals surface area contributed by atoms with E-state index in [0.29, 0.717) is 17.2 Å². The van der Waals surface area contributed by atoms with Crippen molar-refractivity contribution < 1.29 is 24.1 Å². The molecule has 1 aromatic heterocycles. The Hall–Kier alpha value is -4.27. The first-order valence-corrected chi connectivity index (χ1v) is 14.3. The highest BCUT2D eigenvalue weighted by Gasteiger charge is 2.22. The maximum atomic E-state index is 12.2. The third-order valence-corrected chi connectivity index (χ3v) is 7.51. The zero-order valence-electron chi connectivity index (χ0n) is 24.1. The second kappa shape index (κ2) is 13.4. The van der Waals surface area contributed by atoms with E-state index in [0.717, 1.165) is 64.8 Å². The van der Waals surface area contributed by atoms with Gasteiger partial charge in [0, 0.05) is 59.3 Å². The van der Waals surface area contributed by atoms with Crippen LogP contribution in [0.2, 0.25) is 0 Å². The Labute approximate surface area is 239 Å². The van der Waals surface area contributed by atoms with E-state index in [1.807, 2.05) is 36.4 Å². The minimum atomic E-state index is -0.575. The van der Waals surface area contributed by atoms with Gasteiger partial charge in [-0.3, -0.25) is 14.9 Å². The molecule has 0 saturated heterocycles. The van der Waals surface area contributed by atoms with E-state index >= 15 is 0 Å². The molecule has 0 radical (unpaired) electrons. The predicted octanol–water partition coefficient (Wildman–Crippen LogP) is 7.68. The number of rotatable bonds is 13. The van der Waals surface area contributed by atoms with Gasteiger partial charge in [0.15, 0.2) is 0 Å². The smallest absolute Gasteiger partial charge is 0.331 e. The number of unbranched alkanes of at least 4 members (excludes halogenated alkanes) is 1. The van der Waals surface area contributed by atoms with Gasteiger partial charge in [0.2, 0.25) is 0 Å². The molecule has 0 aliphatic rings. The fourth-order valence-corrected chi connectivity index (χ4v) is 5.47. The monoisotopic (exact) mass is 559 g/mol. The molecule has 0 amide bonds. The van der Waals surface area contributed by atoms with Crippen molar-refractivity contribution in [2.75, 3.05) is 6.61 Å². The van der Waals surface area contributed by atoms with E-state index in [4.69, 9.17) is 9.57 Å². The molecule has 0 aliphatic carbocycles. The van der Waals surface area contributed by atoms with Gasteiger partial charge < -0.3 is 14.1 Å². The molecule has 0 N–H and O–H groups in total. The Bertz CT molecular complexity index is 1620. The van der Waals surface area contributed by atoms with Gasteiger partial charge >= 0.3 is 11.9 Å². The van der Waals surface area contributed by atoms with Crippen LogP contribution in [0, 0.1) is 16.0 Å². The number of nitrogens with zero attached hydrogens (tertiary/aromatic N) is 3. The fourth-order valence-electron chi connectivity index (χ4n) is 5.47. The first-order valence-electron chi connectivity index (χ1n) is 14.3. The quantitative estimate of drug-likeness (QED) is 0.0546. The highest BCUT2D eigenvalue weighted by Crippen LogP contribution is 2.39. The van der Waals surface area contributed by atoms with Crippen molar-refractivity contribution in [2.24, 2.45) is 11.1 Å². The summed E-state index contributed by atoms with van der Waals surface area (Å²) in [7, 11) is 0. The SMILES string of the molecule is CCCCC(CC)Cn1c2ccc([N+](=O)[O-])cc2c2cc(/C(CCC(=O)OCC)=N/OC(C)=O)c3ccccc3c21. The van der Waals surface area contributed by atoms with Crippen LogP contribution >= 0.6 is 0 Å². The van der Waals surface area contributed by atoms with Crippen LogP contribution in [0.15, 0.2) is 53.7 Å². The maximum absolute atomic E-state index is 12.2. The van der Waals surface area contributed by atoms with E-state index in [9.17, 15) is 19.7 Å². The number of esters is 1. The lowest BCUT2D eigenvalue weighted by atomic mass is 9.95. The molecule has 3 aromatic carbocycles.